The van der Waals surface area contributed by atoms with Gasteiger partial charge >= 0.3 is 0 Å². The number of hydrogen-bond donors (Lipinski definition) is 3. The minimum atomic E-state index is -0.00156. The minimum absolute atomic E-state index is 0.00156. The monoisotopic (exact) mass is 232 g/mol. The van der Waals surface area contributed by atoms with Gasteiger partial charge in [0.2, 0.25) is 5.91 Å². The molecule has 0 aromatic carbocycles. The van der Waals surface area contributed by atoms with E-state index in [1.54, 1.807) is 0 Å². The molecule has 0 saturated heterocycles. The first-order chi connectivity index (χ1) is 7.72. The number of rotatable bonds is 10. The van der Waals surface area contributed by atoms with Crippen molar-refractivity contribution >= 4 is 5.91 Å². The van der Waals surface area contributed by atoms with E-state index in [4.69, 9.17) is 9.84 Å². The van der Waals surface area contributed by atoms with Crippen LogP contribution in [0, 0.1) is 5.92 Å². The van der Waals surface area contributed by atoms with Crippen molar-refractivity contribution in [1.82, 2.24) is 10.6 Å². The average Bonchev–Trinajstić information content (AvgIpc) is 2.30. The summed E-state index contributed by atoms with van der Waals surface area (Å²) in [5.74, 6) is 0.0708. The highest BCUT2D eigenvalue weighted by Gasteiger charge is 2.10. The second-order valence-electron chi connectivity index (χ2n) is 3.69. The molecule has 1 unspecified atom stereocenters. The summed E-state index contributed by atoms with van der Waals surface area (Å²) < 4.78 is 5.08. The average molecular weight is 232 g/mol. The van der Waals surface area contributed by atoms with Crippen LogP contribution in [0.15, 0.2) is 0 Å². The van der Waals surface area contributed by atoms with E-state index in [1.807, 2.05) is 13.8 Å². The number of nitrogens with one attached hydrogen (secondary N) is 2. The molecule has 0 aliphatic carbocycles. The van der Waals surface area contributed by atoms with Crippen LogP contribution < -0.4 is 10.6 Å². The van der Waals surface area contributed by atoms with Gasteiger partial charge in [-0.05, 0) is 13.0 Å². The Labute approximate surface area is 97.6 Å². The van der Waals surface area contributed by atoms with Gasteiger partial charge in [-0.3, -0.25) is 4.79 Å². The number of hydrogen-bond acceptors (Lipinski definition) is 4. The third-order valence-electron chi connectivity index (χ3n) is 2.15. The molecular formula is C11H24N2O3. The lowest BCUT2D eigenvalue weighted by atomic mass is 10.1. The summed E-state index contributed by atoms with van der Waals surface area (Å²) in [7, 11) is 0. The highest BCUT2D eigenvalue weighted by molar-refractivity contribution is 5.78. The van der Waals surface area contributed by atoms with Gasteiger partial charge in [-0.15, -0.1) is 0 Å². The summed E-state index contributed by atoms with van der Waals surface area (Å²) in [4.78, 5) is 11.5. The molecular weight excluding hydrogens is 208 g/mol. The molecule has 1 atom stereocenters. The maximum atomic E-state index is 11.5. The normalized spacial score (nSPS) is 12.4. The fraction of sp³-hybridized carbons (Fsp3) is 0.909. The van der Waals surface area contributed by atoms with E-state index in [1.165, 1.54) is 0 Å². The zero-order chi connectivity index (χ0) is 12.2. The molecule has 16 heavy (non-hydrogen) atoms. The van der Waals surface area contributed by atoms with Crippen molar-refractivity contribution in [2.75, 3.05) is 39.5 Å². The molecule has 3 N–H and O–H groups in total. The third-order valence-corrected chi connectivity index (χ3v) is 2.15. The Morgan fingerprint density at radius 1 is 1.44 bits per heavy atom. The first-order valence-electron chi connectivity index (χ1n) is 5.89. The molecule has 0 aliphatic rings. The lowest BCUT2D eigenvalue weighted by Crippen LogP contribution is -2.36. The number of aliphatic hydroxyl groups excluding tert-OH is 1. The van der Waals surface area contributed by atoms with Gasteiger partial charge in [0.15, 0.2) is 0 Å². The largest absolute Gasteiger partial charge is 0.394 e. The topological polar surface area (TPSA) is 70.6 Å². The van der Waals surface area contributed by atoms with Gasteiger partial charge in [0.1, 0.15) is 0 Å². The van der Waals surface area contributed by atoms with Crippen molar-refractivity contribution in [3.63, 3.8) is 0 Å². The SMILES string of the molecule is CCNCC(C)C(=O)NCCCOCCO. The van der Waals surface area contributed by atoms with E-state index in [2.05, 4.69) is 10.6 Å². The molecule has 0 bridgehead atoms. The first-order valence-corrected chi connectivity index (χ1v) is 5.89. The predicted molar refractivity (Wildman–Crippen MR) is 63.2 cm³/mol. The lowest BCUT2D eigenvalue weighted by Gasteiger charge is -2.12. The van der Waals surface area contributed by atoms with E-state index in [9.17, 15) is 4.79 Å². The standard InChI is InChI=1S/C11H24N2O3/c1-3-12-9-10(2)11(15)13-5-4-7-16-8-6-14/h10,12,14H,3-9H2,1-2H3,(H,13,15). The Kier molecular flexibility index (Phi) is 10.4. The van der Waals surface area contributed by atoms with Crippen LogP contribution in [0.1, 0.15) is 20.3 Å². The van der Waals surface area contributed by atoms with Gasteiger partial charge in [0, 0.05) is 25.6 Å². The van der Waals surface area contributed by atoms with Crippen molar-refractivity contribution in [3.8, 4) is 0 Å². The summed E-state index contributed by atoms with van der Waals surface area (Å²) in [6, 6.07) is 0. The van der Waals surface area contributed by atoms with Crippen molar-refractivity contribution < 1.29 is 14.6 Å². The summed E-state index contributed by atoms with van der Waals surface area (Å²) in [5, 5.41) is 14.4. The molecule has 0 radical (unpaired) electrons. The van der Waals surface area contributed by atoms with Gasteiger partial charge in [-0.2, -0.15) is 0 Å². The number of aliphatic hydroxyl groups is 1. The summed E-state index contributed by atoms with van der Waals surface area (Å²) >= 11 is 0. The molecule has 96 valence electrons. The van der Waals surface area contributed by atoms with Crippen LogP contribution >= 0.6 is 0 Å². The third kappa shape index (κ3) is 8.64. The van der Waals surface area contributed by atoms with Crippen LogP contribution in [0.3, 0.4) is 0 Å². The van der Waals surface area contributed by atoms with E-state index in [0.717, 1.165) is 13.0 Å². The molecule has 0 fully saturated rings. The smallest absolute Gasteiger partial charge is 0.224 e. The number of ether oxygens (including phenoxy) is 1. The number of carbonyl (C=O) groups excluding carboxylic acids is 1. The van der Waals surface area contributed by atoms with Gasteiger partial charge in [-0.1, -0.05) is 13.8 Å². The Balaban J connectivity index is 3.35. The van der Waals surface area contributed by atoms with Gasteiger partial charge in [-0.25, -0.2) is 0 Å². The van der Waals surface area contributed by atoms with E-state index in [0.29, 0.717) is 26.3 Å². The molecule has 5 nitrogen and oxygen atoms in total. The zero-order valence-corrected chi connectivity index (χ0v) is 10.3. The van der Waals surface area contributed by atoms with E-state index in [-0.39, 0.29) is 18.4 Å². The van der Waals surface area contributed by atoms with E-state index < -0.39 is 0 Å². The molecule has 0 rings (SSSR count). The molecule has 0 saturated carbocycles. The Morgan fingerprint density at radius 3 is 2.81 bits per heavy atom. The molecule has 1 amide bonds. The summed E-state index contributed by atoms with van der Waals surface area (Å²) in [6.45, 7) is 7.12. The van der Waals surface area contributed by atoms with Gasteiger partial charge in [0.25, 0.3) is 0 Å². The maximum absolute atomic E-state index is 11.5. The molecule has 0 aliphatic heterocycles. The second kappa shape index (κ2) is 10.9. The summed E-state index contributed by atoms with van der Waals surface area (Å²) in [5.41, 5.74) is 0. The highest BCUT2D eigenvalue weighted by Crippen LogP contribution is 1.92. The molecule has 0 spiro atoms. The zero-order valence-electron chi connectivity index (χ0n) is 10.3. The van der Waals surface area contributed by atoms with Crippen LogP contribution in [-0.4, -0.2) is 50.5 Å². The maximum Gasteiger partial charge on any atom is 0.224 e. The Hall–Kier alpha value is -0.650. The van der Waals surface area contributed by atoms with Gasteiger partial charge in [0.05, 0.1) is 13.2 Å². The van der Waals surface area contributed by atoms with Crippen LogP contribution in [-0.2, 0) is 9.53 Å². The molecule has 0 heterocycles. The van der Waals surface area contributed by atoms with Crippen molar-refractivity contribution in [3.05, 3.63) is 0 Å². The lowest BCUT2D eigenvalue weighted by molar-refractivity contribution is -0.124. The Morgan fingerprint density at radius 2 is 2.19 bits per heavy atom. The van der Waals surface area contributed by atoms with Crippen molar-refractivity contribution in [2.24, 2.45) is 5.92 Å². The highest BCUT2D eigenvalue weighted by atomic mass is 16.5. The quantitative estimate of drug-likeness (QED) is 0.454. The Bertz CT molecular complexity index is 177. The minimum Gasteiger partial charge on any atom is -0.394 e. The molecule has 0 aromatic rings. The van der Waals surface area contributed by atoms with Crippen LogP contribution in [0.5, 0.6) is 0 Å². The predicted octanol–water partition coefficient (Wildman–Crippen LogP) is -0.253. The fourth-order valence-electron chi connectivity index (χ4n) is 1.18. The first kappa shape index (κ1) is 15.3. The van der Waals surface area contributed by atoms with Crippen molar-refractivity contribution in [2.45, 2.75) is 20.3 Å². The summed E-state index contributed by atoms with van der Waals surface area (Å²) in [6.07, 6.45) is 0.777. The van der Waals surface area contributed by atoms with Crippen molar-refractivity contribution in [1.29, 1.82) is 0 Å². The molecule has 5 heteroatoms. The number of amides is 1. The number of carbonyl (C=O) groups is 1. The van der Waals surface area contributed by atoms with E-state index >= 15 is 0 Å². The van der Waals surface area contributed by atoms with Crippen LogP contribution in [0.2, 0.25) is 0 Å². The van der Waals surface area contributed by atoms with Crippen LogP contribution in [0.25, 0.3) is 0 Å². The second-order valence-corrected chi connectivity index (χ2v) is 3.69. The van der Waals surface area contributed by atoms with Gasteiger partial charge < -0.3 is 20.5 Å². The van der Waals surface area contributed by atoms with Crippen LogP contribution in [0.4, 0.5) is 0 Å². The molecule has 0 aromatic heterocycles. The fourth-order valence-corrected chi connectivity index (χ4v) is 1.18.